The molecule has 0 saturated heterocycles. The highest BCUT2D eigenvalue weighted by atomic mass is 35.5. The minimum atomic E-state index is -4.74. The Bertz CT molecular complexity index is 826. The highest BCUT2D eigenvalue weighted by Gasteiger charge is 2.31. The lowest BCUT2D eigenvalue weighted by atomic mass is 10.2. The Morgan fingerprint density at radius 2 is 1.86 bits per heavy atom. The van der Waals surface area contributed by atoms with Gasteiger partial charge in [-0.25, -0.2) is 9.36 Å². The van der Waals surface area contributed by atoms with Gasteiger partial charge in [0.25, 0.3) is 5.56 Å². The van der Waals surface area contributed by atoms with Gasteiger partial charge in [0.05, 0.1) is 16.3 Å². The van der Waals surface area contributed by atoms with Crippen LogP contribution in [0.25, 0.3) is 5.69 Å². The first-order valence-electron chi connectivity index (χ1n) is 5.24. The molecule has 0 amide bonds. The van der Waals surface area contributed by atoms with E-state index in [1.165, 1.54) is 4.98 Å². The number of benzene rings is 1. The molecule has 21 heavy (non-hydrogen) atoms. The lowest BCUT2D eigenvalue weighted by molar-refractivity contribution is -0.137. The monoisotopic (exact) mass is 324 g/mol. The molecule has 0 aliphatic heterocycles. The van der Waals surface area contributed by atoms with Crippen molar-refractivity contribution in [3.05, 3.63) is 55.4 Å². The molecule has 0 aliphatic rings. The lowest BCUT2D eigenvalue weighted by Crippen LogP contribution is -2.31. The third-order valence-electron chi connectivity index (χ3n) is 2.55. The molecule has 1 aromatic heterocycles. The summed E-state index contributed by atoms with van der Waals surface area (Å²) < 4.78 is 51.3. The van der Waals surface area contributed by atoms with Crippen molar-refractivity contribution in [2.45, 2.75) is 6.18 Å². The quantitative estimate of drug-likeness (QED) is 0.788. The summed E-state index contributed by atoms with van der Waals surface area (Å²) in [6, 6.07) is 1.92. The number of nitrogens with one attached hydrogen (secondary N) is 1. The number of H-pyrrole nitrogens is 1. The number of hydrogen-bond acceptors (Lipinski definition) is 3. The van der Waals surface area contributed by atoms with E-state index in [2.05, 4.69) is 0 Å². The van der Waals surface area contributed by atoms with Crippen LogP contribution in [0.3, 0.4) is 0 Å². The third-order valence-corrected chi connectivity index (χ3v) is 2.87. The summed E-state index contributed by atoms with van der Waals surface area (Å²) in [5, 5.41) is 9.10. The zero-order valence-corrected chi connectivity index (χ0v) is 10.6. The van der Waals surface area contributed by atoms with Gasteiger partial charge in [0.15, 0.2) is 0 Å². The maximum Gasteiger partial charge on any atom is 0.416 e. The molecule has 0 aliphatic carbocycles. The molecule has 0 bridgehead atoms. The van der Waals surface area contributed by atoms with Crippen LogP contribution >= 0.6 is 11.6 Å². The molecule has 0 spiro atoms. The Hall–Kier alpha value is -2.29. The van der Waals surface area contributed by atoms with Crippen molar-refractivity contribution in [1.82, 2.24) is 9.55 Å². The zero-order valence-electron chi connectivity index (χ0n) is 9.83. The van der Waals surface area contributed by atoms with E-state index in [9.17, 15) is 32.3 Å². The van der Waals surface area contributed by atoms with Crippen LogP contribution in [0.15, 0.2) is 27.8 Å². The third kappa shape index (κ3) is 2.64. The van der Waals surface area contributed by atoms with E-state index < -0.39 is 40.4 Å². The maximum atomic E-state index is 13.3. The van der Waals surface area contributed by atoms with Crippen LogP contribution in [-0.4, -0.2) is 14.7 Å². The lowest BCUT2D eigenvalue weighted by Gasteiger charge is -2.13. The van der Waals surface area contributed by atoms with Gasteiger partial charge in [-0.2, -0.15) is 17.6 Å². The Morgan fingerprint density at radius 3 is 2.43 bits per heavy atom. The minimum Gasteiger partial charge on any atom is -0.492 e. The van der Waals surface area contributed by atoms with Gasteiger partial charge >= 0.3 is 11.9 Å². The van der Waals surface area contributed by atoms with E-state index in [1.807, 2.05) is 0 Å². The molecule has 10 heteroatoms. The van der Waals surface area contributed by atoms with E-state index in [4.69, 9.17) is 11.6 Å². The maximum absolute atomic E-state index is 13.3. The van der Waals surface area contributed by atoms with Gasteiger partial charge in [-0.1, -0.05) is 11.6 Å². The van der Waals surface area contributed by atoms with Crippen molar-refractivity contribution >= 4 is 11.6 Å². The van der Waals surface area contributed by atoms with Crippen LogP contribution in [-0.2, 0) is 6.18 Å². The Labute approximate surface area is 118 Å². The fourth-order valence-corrected chi connectivity index (χ4v) is 1.79. The molecular weight excluding hydrogens is 320 g/mol. The van der Waals surface area contributed by atoms with Crippen LogP contribution in [0.2, 0.25) is 5.02 Å². The van der Waals surface area contributed by atoms with Crippen LogP contribution in [0.4, 0.5) is 17.6 Å². The second-order valence-electron chi connectivity index (χ2n) is 3.90. The van der Waals surface area contributed by atoms with E-state index in [0.717, 1.165) is 6.07 Å². The second-order valence-corrected chi connectivity index (χ2v) is 4.30. The first kappa shape index (κ1) is 15.1. The molecule has 5 nitrogen and oxygen atoms in total. The van der Waals surface area contributed by atoms with Crippen molar-refractivity contribution in [1.29, 1.82) is 0 Å². The zero-order chi connectivity index (χ0) is 15.9. The number of hydrogen-bond donors (Lipinski definition) is 2. The van der Waals surface area contributed by atoms with Crippen molar-refractivity contribution in [3.8, 4) is 11.6 Å². The SMILES string of the molecule is O=c1[nH]c(=O)n(-c2cc(C(F)(F)F)ccc2Cl)c(O)c1F. The van der Waals surface area contributed by atoms with Crippen molar-refractivity contribution in [2.75, 3.05) is 0 Å². The molecular formula is C11H5ClF4N2O3. The largest absolute Gasteiger partial charge is 0.492 e. The molecule has 112 valence electrons. The van der Waals surface area contributed by atoms with Crippen LogP contribution in [0, 0.1) is 5.82 Å². The number of rotatable bonds is 1. The molecule has 2 rings (SSSR count). The molecule has 0 fully saturated rings. The Morgan fingerprint density at radius 1 is 1.24 bits per heavy atom. The summed E-state index contributed by atoms with van der Waals surface area (Å²) >= 11 is 5.66. The van der Waals surface area contributed by atoms with Crippen LogP contribution < -0.4 is 11.2 Å². The first-order valence-corrected chi connectivity index (χ1v) is 5.61. The summed E-state index contributed by atoms with van der Waals surface area (Å²) in [5.41, 5.74) is -4.62. The number of aromatic hydroxyl groups is 1. The van der Waals surface area contributed by atoms with Crippen molar-refractivity contribution in [2.24, 2.45) is 0 Å². The van der Waals surface area contributed by atoms with E-state index in [-0.39, 0.29) is 9.59 Å². The Balaban J connectivity index is 2.83. The minimum absolute atomic E-state index is 0.133. The fourth-order valence-electron chi connectivity index (χ4n) is 1.59. The molecule has 0 unspecified atom stereocenters. The van der Waals surface area contributed by atoms with Gasteiger partial charge in [-0.05, 0) is 18.2 Å². The molecule has 0 radical (unpaired) electrons. The number of aromatic nitrogens is 2. The molecule has 1 aromatic carbocycles. The van der Waals surface area contributed by atoms with Gasteiger partial charge in [0.1, 0.15) is 0 Å². The topological polar surface area (TPSA) is 75.1 Å². The summed E-state index contributed by atoms with van der Waals surface area (Å²) in [5.74, 6) is -3.16. The molecule has 0 atom stereocenters. The smallest absolute Gasteiger partial charge is 0.416 e. The van der Waals surface area contributed by atoms with Crippen LogP contribution in [0.1, 0.15) is 5.56 Å². The van der Waals surface area contributed by atoms with E-state index in [0.29, 0.717) is 12.1 Å². The number of alkyl halides is 3. The van der Waals surface area contributed by atoms with E-state index >= 15 is 0 Å². The molecule has 0 saturated carbocycles. The molecule has 2 N–H and O–H groups in total. The predicted molar refractivity (Wildman–Crippen MR) is 64.3 cm³/mol. The fraction of sp³-hybridized carbons (Fsp3) is 0.0909. The highest BCUT2D eigenvalue weighted by molar-refractivity contribution is 6.32. The van der Waals surface area contributed by atoms with Crippen LogP contribution in [0.5, 0.6) is 5.88 Å². The molecule has 1 heterocycles. The number of aromatic amines is 1. The normalized spacial score (nSPS) is 11.7. The number of halogens is 5. The first-order chi connectivity index (χ1) is 9.62. The van der Waals surface area contributed by atoms with Gasteiger partial charge < -0.3 is 5.11 Å². The van der Waals surface area contributed by atoms with Gasteiger partial charge in [0, 0.05) is 0 Å². The predicted octanol–water partition coefficient (Wildman–Crippen LogP) is 2.04. The van der Waals surface area contributed by atoms with E-state index in [1.54, 1.807) is 0 Å². The molecule has 2 aromatic rings. The average molecular weight is 325 g/mol. The second kappa shape index (κ2) is 4.92. The van der Waals surface area contributed by atoms with Crippen molar-refractivity contribution < 1.29 is 22.7 Å². The number of nitrogens with zero attached hydrogens (tertiary/aromatic N) is 1. The summed E-state index contributed by atoms with van der Waals surface area (Å²) in [6.07, 6.45) is -4.74. The van der Waals surface area contributed by atoms with Gasteiger partial charge in [-0.3, -0.25) is 9.78 Å². The summed E-state index contributed by atoms with van der Waals surface area (Å²) in [7, 11) is 0. The average Bonchev–Trinajstić information content (AvgIpc) is 2.37. The highest BCUT2D eigenvalue weighted by Crippen LogP contribution is 2.33. The standard InChI is InChI=1S/C11H5ClF4N2O3/c12-5-2-1-4(11(14,15)16)3-6(5)18-9(20)7(13)8(19)17-10(18)21/h1-3,20H,(H,17,19,21). The summed E-state index contributed by atoms with van der Waals surface area (Å²) in [6.45, 7) is 0. The Kier molecular flexibility index (Phi) is 3.54. The van der Waals surface area contributed by atoms with Gasteiger partial charge in [0.2, 0.25) is 11.7 Å². The summed E-state index contributed by atoms with van der Waals surface area (Å²) in [4.78, 5) is 24.0. The van der Waals surface area contributed by atoms with Crippen molar-refractivity contribution in [3.63, 3.8) is 0 Å². The van der Waals surface area contributed by atoms with Gasteiger partial charge in [-0.15, -0.1) is 0 Å².